The Balaban J connectivity index is 1.58. The standard InChI is InChI=1S/C14H18N4O3/c1-10-4-5-18-14(15-9-16-18)13(10)17-12(19)8-20-7-11-3-2-6-21-11/h4-5,9,11H,2-3,6-8H2,1H3,(H,17,19). The molecule has 3 rings (SSSR count). The van der Waals surface area contributed by atoms with Gasteiger partial charge >= 0.3 is 0 Å². The zero-order valence-electron chi connectivity index (χ0n) is 11.9. The fourth-order valence-corrected chi connectivity index (χ4v) is 2.37. The Morgan fingerprint density at radius 1 is 1.62 bits per heavy atom. The molecule has 0 aliphatic carbocycles. The van der Waals surface area contributed by atoms with Gasteiger partial charge in [0.25, 0.3) is 0 Å². The number of nitrogens with one attached hydrogen (secondary N) is 1. The predicted octanol–water partition coefficient (Wildman–Crippen LogP) is 1.17. The van der Waals surface area contributed by atoms with Crippen LogP contribution in [0.3, 0.4) is 0 Å². The lowest BCUT2D eigenvalue weighted by Crippen LogP contribution is -2.23. The molecular formula is C14H18N4O3. The first-order chi connectivity index (χ1) is 10.2. The van der Waals surface area contributed by atoms with Crippen molar-refractivity contribution in [2.45, 2.75) is 25.9 Å². The van der Waals surface area contributed by atoms with Crippen LogP contribution in [0, 0.1) is 6.92 Å². The lowest BCUT2D eigenvalue weighted by atomic mass is 10.2. The lowest BCUT2D eigenvalue weighted by Gasteiger charge is -2.11. The summed E-state index contributed by atoms with van der Waals surface area (Å²) in [7, 11) is 0. The van der Waals surface area contributed by atoms with E-state index < -0.39 is 0 Å². The van der Waals surface area contributed by atoms with E-state index in [1.54, 1.807) is 10.7 Å². The molecule has 1 aliphatic heterocycles. The summed E-state index contributed by atoms with van der Waals surface area (Å²) < 4.78 is 12.5. The van der Waals surface area contributed by atoms with Gasteiger partial charge in [-0.15, -0.1) is 0 Å². The number of rotatable bonds is 5. The predicted molar refractivity (Wildman–Crippen MR) is 76.1 cm³/mol. The van der Waals surface area contributed by atoms with E-state index in [4.69, 9.17) is 9.47 Å². The third-order valence-corrected chi connectivity index (χ3v) is 3.48. The molecule has 1 fully saturated rings. The summed E-state index contributed by atoms with van der Waals surface area (Å²) in [6, 6.07) is 1.88. The maximum Gasteiger partial charge on any atom is 0.250 e. The van der Waals surface area contributed by atoms with Gasteiger partial charge in [0.15, 0.2) is 5.65 Å². The van der Waals surface area contributed by atoms with Crippen LogP contribution in [0.4, 0.5) is 5.69 Å². The monoisotopic (exact) mass is 290 g/mol. The van der Waals surface area contributed by atoms with Crippen molar-refractivity contribution in [3.8, 4) is 0 Å². The average Bonchev–Trinajstić information content (AvgIpc) is 3.13. The van der Waals surface area contributed by atoms with Gasteiger partial charge in [0.1, 0.15) is 12.9 Å². The van der Waals surface area contributed by atoms with Crippen molar-refractivity contribution in [3.63, 3.8) is 0 Å². The molecule has 1 N–H and O–H groups in total. The largest absolute Gasteiger partial charge is 0.376 e. The maximum atomic E-state index is 12.0. The first kappa shape index (κ1) is 14.0. The molecule has 3 heterocycles. The van der Waals surface area contributed by atoms with E-state index in [-0.39, 0.29) is 18.6 Å². The molecule has 1 aliphatic rings. The molecule has 2 aromatic rings. The summed E-state index contributed by atoms with van der Waals surface area (Å²) >= 11 is 0. The minimum Gasteiger partial charge on any atom is -0.376 e. The number of aryl methyl sites for hydroxylation is 1. The summed E-state index contributed by atoms with van der Waals surface area (Å²) in [5.41, 5.74) is 2.23. The van der Waals surface area contributed by atoms with Gasteiger partial charge in [-0.2, -0.15) is 5.10 Å². The second-order valence-corrected chi connectivity index (χ2v) is 5.10. The lowest BCUT2D eigenvalue weighted by molar-refractivity contribution is -0.121. The summed E-state index contributed by atoms with van der Waals surface area (Å²) in [6.45, 7) is 3.17. The topological polar surface area (TPSA) is 77.8 Å². The average molecular weight is 290 g/mol. The summed E-state index contributed by atoms with van der Waals surface area (Å²) in [5.74, 6) is -0.202. The molecular weight excluding hydrogens is 272 g/mol. The van der Waals surface area contributed by atoms with Crippen molar-refractivity contribution in [1.82, 2.24) is 14.6 Å². The second kappa shape index (κ2) is 6.19. The Bertz CT molecular complexity index is 634. The van der Waals surface area contributed by atoms with Crippen LogP contribution in [0.2, 0.25) is 0 Å². The second-order valence-electron chi connectivity index (χ2n) is 5.10. The van der Waals surface area contributed by atoms with Gasteiger partial charge in [0, 0.05) is 12.8 Å². The number of fused-ring (bicyclic) bond motifs is 1. The number of carbonyl (C=O) groups is 1. The molecule has 0 aromatic carbocycles. The minimum atomic E-state index is -0.202. The van der Waals surface area contributed by atoms with Crippen LogP contribution in [0.15, 0.2) is 18.6 Å². The molecule has 0 saturated carbocycles. The van der Waals surface area contributed by atoms with Gasteiger partial charge in [0.2, 0.25) is 5.91 Å². The number of anilines is 1. The van der Waals surface area contributed by atoms with Crippen molar-refractivity contribution in [2.75, 3.05) is 25.1 Å². The molecule has 0 bridgehead atoms. The van der Waals surface area contributed by atoms with Gasteiger partial charge in [-0.05, 0) is 31.4 Å². The molecule has 2 aromatic heterocycles. The Kier molecular flexibility index (Phi) is 4.12. The maximum absolute atomic E-state index is 12.0. The Hall–Kier alpha value is -1.99. The zero-order valence-corrected chi connectivity index (χ0v) is 11.9. The molecule has 0 spiro atoms. The summed E-state index contributed by atoms with van der Waals surface area (Å²) in [6.07, 6.45) is 5.45. The van der Waals surface area contributed by atoms with E-state index in [1.807, 2.05) is 13.0 Å². The van der Waals surface area contributed by atoms with Crippen molar-refractivity contribution in [3.05, 3.63) is 24.2 Å². The quantitative estimate of drug-likeness (QED) is 0.894. The number of amides is 1. The van der Waals surface area contributed by atoms with Crippen LogP contribution in [0.1, 0.15) is 18.4 Å². The number of hydrogen-bond donors (Lipinski definition) is 1. The minimum absolute atomic E-state index is 0.00842. The normalized spacial score (nSPS) is 18.2. The highest BCUT2D eigenvalue weighted by Crippen LogP contribution is 2.19. The highest BCUT2D eigenvalue weighted by atomic mass is 16.5. The van der Waals surface area contributed by atoms with E-state index >= 15 is 0 Å². The van der Waals surface area contributed by atoms with Crippen LogP contribution in [-0.4, -0.2) is 46.4 Å². The van der Waals surface area contributed by atoms with Crippen LogP contribution < -0.4 is 5.32 Å². The number of carbonyl (C=O) groups excluding carboxylic acids is 1. The molecule has 1 saturated heterocycles. The van der Waals surface area contributed by atoms with Gasteiger partial charge in [0.05, 0.1) is 18.4 Å². The smallest absolute Gasteiger partial charge is 0.250 e. The van der Waals surface area contributed by atoms with Gasteiger partial charge in [-0.1, -0.05) is 0 Å². The van der Waals surface area contributed by atoms with Gasteiger partial charge in [-0.3, -0.25) is 4.79 Å². The summed E-state index contributed by atoms with van der Waals surface area (Å²) in [4.78, 5) is 16.1. The van der Waals surface area contributed by atoms with Crippen LogP contribution >= 0.6 is 0 Å². The van der Waals surface area contributed by atoms with Gasteiger partial charge < -0.3 is 14.8 Å². The first-order valence-electron chi connectivity index (χ1n) is 7.02. The highest BCUT2D eigenvalue weighted by molar-refractivity contribution is 5.96. The zero-order chi connectivity index (χ0) is 14.7. The number of nitrogens with zero attached hydrogens (tertiary/aromatic N) is 3. The summed E-state index contributed by atoms with van der Waals surface area (Å²) in [5, 5.41) is 6.89. The number of hydrogen-bond acceptors (Lipinski definition) is 5. The van der Waals surface area contributed by atoms with Crippen molar-refractivity contribution in [2.24, 2.45) is 0 Å². The molecule has 7 heteroatoms. The van der Waals surface area contributed by atoms with Crippen LogP contribution in [-0.2, 0) is 14.3 Å². The first-order valence-corrected chi connectivity index (χ1v) is 7.02. The molecule has 1 unspecified atom stereocenters. The van der Waals surface area contributed by atoms with E-state index in [0.717, 1.165) is 25.0 Å². The highest BCUT2D eigenvalue weighted by Gasteiger charge is 2.16. The fraction of sp³-hybridized carbons (Fsp3) is 0.500. The molecule has 1 amide bonds. The molecule has 112 valence electrons. The SMILES string of the molecule is Cc1ccn2ncnc2c1NC(=O)COCC1CCCO1. The Labute approximate surface area is 122 Å². The van der Waals surface area contributed by atoms with Crippen molar-refractivity contribution >= 4 is 17.2 Å². The molecule has 0 radical (unpaired) electrons. The van der Waals surface area contributed by atoms with Crippen molar-refractivity contribution in [1.29, 1.82) is 0 Å². The Morgan fingerprint density at radius 2 is 2.52 bits per heavy atom. The molecule has 21 heavy (non-hydrogen) atoms. The van der Waals surface area contributed by atoms with E-state index in [9.17, 15) is 4.79 Å². The third kappa shape index (κ3) is 3.20. The van der Waals surface area contributed by atoms with Crippen LogP contribution in [0.5, 0.6) is 0 Å². The third-order valence-electron chi connectivity index (χ3n) is 3.48. The van der Waals surface area contributed by atoms with E-state index in [2.05, 4.69) is 15.4 Å². The number of ether oxygens (including phenoxy) is 2. The van der Waals surface area contributed by atoms with Gasteiger partial charge in [-0.25, -0.2) is 9.50 Å². The number of aromatic nitrogens is 3. The van der Waals surface area contributed by atoms with Crippen molar-refractivity contribution < 1.29 is 14.3 Å². The van der Waals surface area contributed by atoms with E-state index in [1.165, 1.54) is 6.33 Å². The Morgan fingerprint density at radius 3 is 3.33 bits per heavy atom. The van der Waals surface area contributed by atoms with Crippen LogP contribution in [0.25, 0.3) is 5.65 Å². The fourth-order valence-electron chi connectivity index (χ4n) is 2.37. The van der Waals surface area contributed by atoms with E-state index in [0.29, 0.717) is 17.9 Å². The molecule has 7 nitrogen and oxygen atoms in total. The number of pyridine rings is 1. The molecule has 1 atom stereocenters.